The third kappa shape index (κ3) is 2.42. The second-order valence-electron chi connectivity index (χ2n) is 4.36. The number of nitrogens with zero attached hydrogens (tertiary/aromatic N) is 2. The molecule has 2 aromatic rings. The molecule has 2 aromatic heterocycles. The van der Waals surface area contributed by atoms with Gasteiger partial charge >= 0.3 is 0 Å². The van der Waals surface area contributed by atoms with E-state index in [1.807, 2.05) is 5.38 Å². The fourth-order valence-electron chi connectivity index (χ4n) is 2.12. The van der Waals surface area contributed by atoms with Crippen LogP contribution in [0.5, 0.6) is 0 Å². The van der Waals surface area contributed by atoms with Gasteiger partial charge < -0.3 is 4.74 Å². The van der Waals surface area contributed by atoms with Crippen LogP contribution in [0.25, 0.3) is 10.6 Å². The first-order valence-electron chi connectivity index (χ1n) is 5.98. The van der Waals surface area contributed by atoms with Gasteiger partial charge in [-0.25, -0.2) is 9.97 Å². The molecule has 94 valence electrons. The van der Waals surface area contributed by atoms with E-state index in [-0.39, 0.29) is 0 Å². The highest BCUT2D eigenvalue weighted by Crippen LogP contribution is 2.30. The third-order valence-electron chi connectivity index (χ3n) is 3.07. The first kappa shape index (κ1) is 11.7. The van der Waals surface area contributed by atoms with E-state index in [0.29, 0.717) is 5.92 Å². The van der Waals surface area contributed by atoms with Gasteiger partial charge in [0.15, 0.2) is 0 Å². The van der Waals surface area contributed by atoms with Gasteiger partial charge in [0.25, 0.3) is 0 Å². The van der Waals surface area contributed by atoms with Crippen molar-refractivity contribution < 1.29 is 9.13 Å². The quantitative estimate of drug-likeness (QED) is 0.781. The maximum atomic E-state index is 13.1. The Kier molecular flexibility index (Phi) is 3.34. The molecule has 0 saturated carbocycles. The summed E-state index contributed by atoms with van der Waals surface area (Å²) in [5.41, 5.74) is 1.85. The molecule has 1 aliphatic rings. The number of thiazole rings is 1. The molecule has 3 heterocycles. The van der Waals surface area contributed by atoms with Crippen molar-refractivity contribution in [2.45, 2.75) is 18.8 Å². The van der Waals surface area contributed by atoms with Crippen molar-refractivity contribution in [3.05, 3.63) is 35.4 Å². The second kappa shape index (κ2) is 5.12. The molecular formula is C13H13FN2OS. The summed E-state index contributed by atoms with van der Waals surface area (Å²) in [6.45, 7) is 1.59. The van der Waals surface area contributed by atoms with Crippen LogP contribution >= 0.6 is 11.3 Å². The lowest BCUT2D eigenvalue weighted by Gasteiger charge is -2.20. The minimum Gasteiger partial charge on any atom is -0.381 e. The van der Waals surface area contributed by atoms with Gasteiger partial charge in [-0.2, -0.15) is 4.39 Å². The number of ether oxygens (including phenoxy) is 1. The fourth-order valence-corrected chi connectivity index (χ4v) is 3.01. The maximum Gasteiger partial charge on any atom is 0.213 e. The van der Waals surface area contributed by atoms with Gasteiger partial charge in [0.1, 0.15) is 5.01 Å². The van der Waals surface area contributed by atoms with Crippen molar-refractivity contribution in [2.24, 2.45) is 0 Å². The molecule has 1 saturated heterocycles. The Hall–Kier alpha value is -1.33. The van der Waals surface area contributed by atoms with E-state index in [2.05, 4.69) is 9.97 Å². The molecule has 0 N–H and O–H groups in total. The molecule has 1 unspecified atom stereocenters. The van der Waals surface area contributed by atoms with Crippen molar-refractivity contribution in [1.29, 1.82) is 0 Å². The van der Waals surface area contributed by atoms with E-state index in [1.165, 1.54) is 12.3 Å². The van der Waals surface area contributed by atoms with Gasteiger partial charge in [0.2, 0.25) is 5.95 Å². The van der Waals surface area contributed by atoms with Crippen LogP contribution in [0.2, 0.25) is 0 Å². The number of aromatic nitrogens is 2. The standard InChI is InChI=1S/C13H13FN2OS/c14-12-6-9(3-4-15-12)13-16-11(8-18-13)10-2-1-5-17-7-10/h3-4,6,8,10H,1-2,5,7H2. The van der Waals surface area contributed by atoms with Crippen LogP contribution < -0.4 is 0 Å². The van der Waals surface area contributed by atoms with Gasteiger partial charge in [-0.1, -0.05) is 0 Å². The van der Waals surface area contributed by atoms with Crippen molar-refractivity contribution in [1.82, 2.24) is 9.97 Å². The van der Waals surface area contributed by atoms with Crippen LogP contribution in [0.1, 0.15) is 24.5 Å². The molecule has 0 spiro atoms. The molecule has 3 rings (SSSR count). The summed E-state index contributed by atoms with van der Waals surface area (Å²) in [4.78, 5) is 8.14. The van der Waals surface area contributed by atoms with Crippen LogP contribution in [-0.2, 0) is 4.74 Å². The van der Waals surface area contributed by atoms with Crippen molar-refractivity contribution in [3.8, 4) is 10.6 Å². The van der Waals surface area contributed by atoms with Crippen molar-refractivity contribution in [2.75, 3.05) is 13.2 Å². The van der Waals surface area contributed by atoms with E-state index in [0.717, 1.165) is 42.3 Å². The second-order valence-corrected chi connectivity index (χ2v) is 5.22. The first-order valence-corrected chi connectivity index (χ1v) is 6.86. The lowest BCUT2D eigenvalue weighted by atomic mass is 10.00. The monoisotopic (exact) mass is 264 g/mol. The SMILES string of the molecule is Fc1cc(-c2nc(C3CCCOC3)cs2)ccn1. The Morgan fingerprint density at radius 3 is 3.17 bits per heavy atom. The average Bonchev–Trinajstić information content (AvgIpc) is 2.89. The molecule has 0 radical (unpaired) electrons. The highest BCUT2D eigenvalue weighted by molar-refractivity contribution is 7.13. The summed E-state index contributed by atoms with van der Waals surface area (Å²) in [5.74, 6) is -0.0827. The van der Waals surface area contributed by atoms with Gasteiger partial charge in [0.05, 0.1) is 12.3 Å². The number of hydrogen-bond acceptors (Lipinski definition) is 4. The number of rotatable bonds is 2. The molecule has 18 heavy (non-hydrogen) atoms. The Balaban J connectivity index is 1.84. The highest BCUT2D eigenvalue weighted by atomic mass is 32.1. The van der Waals surface area contributed by atoms with Crippen LogP contribution in [0.15, 0.2) is 23.7 Å². The minimum absolute atomic E-state index is 0.385. The topological polar surface area (TPSA) is 35.0 Å². The van der Waals surface area contributed by atoms with Gasteiger partial charge in [-0.05, 0) is 18.9 Å². The zero-order valence-corrected chi connectivity index (χ0v) is 10.6. The normalized spacial score (nSPS) is 19.9. The smallest absolute Gasteiger partial charge is 0.213 e. The lowest BCUT2D eigenvalue weighted by molar-refractivity contribution is 0.0795. The predicted molar refractivity (Wildman–Crippen MR) is 68.1 cm³/mol. The Morgan fingerprint density at radius 2 is 2.39 bits per heavy atom. The zero-order valence-electron chi connectivity index (χ0n) is 9.80. The van der Waals surface area contributed by atoms with Crippen molar-refractivity contribution >= 4 is 11.3 Å². The fraction of sp³-hybridized carbons (Fsp3) is 0.385. The number of pyridine rings is 1. The molecule has 3 nitrogen and oxygen atoms in total. The largest absolute Gasteiger partial charge is 0.381 e. The summed E-state index contributed by atoms with van der Waals surface area (Å²) >= 11 is 1.54. The first-order chi connectivity index (χ1) is 8.83. The number of halogens is 1. The van der Waals surface area contributed by atoms with E-state index in [9.17, 15) is 4.39 Å². The van der Waals surface area contributed by atoms with Gasteiger partial charge in [-0.3, -0.25) is 0 Å². The molecule has 1 aliphatic heterocycles. The van der Waals surface area contributed by atoms with Crippen LogP contribution in [0.3, 0.4) is 0 Å². The maximum absolute atomic E-state index is 13.1. The van der Waals surface area contributed by atoms with Crippen LogP contribution in [0, 0.1) is 5.95 Å². The van der Waals surface area contributed by atoms with Crippen molar-refractivity contribution in [3.63, 3.8) is 0 Å². The zero-order chi connectivity index (χ0) is 12.4. The molecular weight excluding hydrogens is 251 g/mol. The summed E-state index contributed by atoms with van der Waals surface area (Å²) in [6, 6.07) is 3.20. The van der Waals surface area contributed by atoms with E-state index < -0.39 is 5.95 Å². The molecule has 0 aromatic carbocycles. The molecule has 0 amide bonds. The summed E-state index contributed by atoms with van der Waals surface area (Å²) < 4.78 is 18.5. The van der Waals surface area contributed by atoms with E-state index in [4.69, 9.17) is 4.74 Å². The summed E-state index contributed by atoms with van der Waals surface area (Å²) in [7, 11) is 0. The molecule has 0 aliphatic carbocycles. The minimum atomic E-state index is -0.467. The summed E-state index contributed by atoms with van der Waals surface area (Å²) in [5, 5.41) is 2.89. The summed E-state index contributed by atoms with van der Waals surface area (Å²) in [6.07, 6.45) is 3.67. The highest BCUT2D eigenvalue weighted by Gasteiger charge is 2.19. The number of hydrogen-bond donors (Lipinski definition) is 0. The van der Waals surface area contributed by atoms with E-state index >= 15 is 0 Å². The molecule has 5 heteroatoms. The van der Waals surface area contributed by atoms with E-state index in [1.54, 1.807) is 17.4 Å². The average molecular weight is 264 g/mol. The van der Waals surface area contributed by atoms with Gasteiger partial charge in [-0.15, -0.1) is 11.3 Å². The predicted octanol–water partition coefficient (Wildman–Crippen LogP) is 3.24. The Labute approximate surface area is 109 Å². The van der Waals surface area contributed by atoms with Crippen LogP contribution in [0.4, 0.5) is 4.39 Å². The molecule has 0 bridgehead atoms. The lowest BCUT2D eigenvalue weighted by Crippen LogP contribution is -2.15. The molecule has 1 atom stereocenters. The molecule has 1 fully saturated rings. The van der Waals surface area contributed by atoms with Gasteiger partial charge in [0, 0.05) is 35.7 Å². The third-order valence-corrected chi connectivity index (χ3v) is 3.98. The Morgan fingerprint density at radius 1 is 1.44 bits per heavy atom. The van der Waals surface area contributed by atoms with Crippen LogP contribution in [-0.4, -0.2) is 23.2 Å². The Bertz CT molecular complexity index is 537.